The molecule has 130 valence electrons. The molecule has 2 aromatic rings. The number of hydrogen-bond donors (Lipinski definition) is 1. The minimum atomic E-state index is -3.46. The molecule has 1 N–H and O–H groups in total. The van der Waals surface area contributed by atoms with Crippen LogP contribution in [-0.4, -0.2) is 20.1 Å². The Hall–Kier alpha value is -2.65. The van der Waals surface area contributed by atoms with Gasteiger partial charge in [0.15, 0.2) is 9.84 Å². The Morgan fingerprint density at radius 3 is 2.60 bits per heavy atom. The number of anilines is 1. The Morgan fingerprint density at radius 1 is 1.24 bits per heavy atom. The van der Waals surface area contributed by atoms with Gasteiger partial charge in [0.2, 0.25) is 0 Å². The van der Waals surface area contributed by atoms with E-state index in [0.29, 0.717) is 5.69 Å². The SMILES string of the molecule is C#Cc1cc(NC(=O)c2cccc(S(=O)(=O)CC(C)C)c2)ccc1F. The Morgan fingerprint density at radius 2 is 1.96 bits per heavy atom. The Labute approximate surface area is 147 Å². The first-order valence-electron chi connectivity index (χ1n) is 7.63. The summed E-state index contributed by atoms with van der Waals surface area (Å²) in [7, 11) is -3.46. The maximum atomic E-state index is 13.4. The molecule has 0 unspecified atom stereocenters. The van der Waals surface area contributed by atoms with Gasteiger partial charge in [0.05, 0.1) is 16.2 Å². The zero-order valence-electron chi connectivity index (χ0n) is 13.9. The number of sulfone groups is 1. The topological polar surface area (TPSA) is 63.2 Å². The first-order chi connectivity index (χ1) is 11.7. The van der Waals surface area contributed by atoms with Crippen LogP contribution in [-0.2, 0) is 9.84 Å². The van der Waals surface area contributed by atoms with Gasteiger partial charge in [-0.15, -0.1) is 6.42 Å². The van der Waals surface area contributed by atoms with Crippen LogP contribution < -0.4 is 5.32 Å². The molecule has 0 heterocycles. The standard InChI is InChI=1S/C19H18FNO3S/c1-4-14-10-16(8-9-18(14)20)21-19(22)15-6-5-7-17(11-15)25(23,24)12-13(2)3/h1,5-11,13H,12H2,2-3H3,(H,21,22). The third-order valence-electron chi connectivity index (χ3n) is 3.39. The lowest BCUT2D eigenvalue weighted by Gasteiger charge is -2.10. The first-order valence-corrected chi connectivity index (χ1v) is 9.28. The van der Waals surface area contributed by atoms with Crippen molar-refractivity contribution in [3.63, 3.8) is 0 Å². The van der Waals surface area contributed by atoms with Crippen molar-refractivity contribution in [1.29, 1.82) is 0 Å². The summed E-state index contributed by atoms with van der Waals surface area (Å²) >= 11 is 0. The molecule has 0 spiro atoms. The molecule has 4 nitrogen and oxygen atoms in total. The van der Waals surface area contributed by atoms with Crippen molar-refractivity contribution in [2.75, 3.05) is 11.1 Å². The second-order valence-electron chi connectivity index (χ2n) is 6.00. The fourth-order valence-corrected chi connectivity index (χ4v) is 3.95. The van der Waals surface area contributed by atoms with Crippen LogP contribution in [0, 0.1) is 24.1 Å². The van der Waals surface area contributed by atoms with Gasteiger partial charge in [-0.25, -0.2) is 12.8 Å². The van der Waals surface area contributed by atoms with E-state index < -0.39 is 21.6 Å². The Bertz CT molecular complexity index is 943. The number of carbonyl (C=O) groups is 1. The lowest BCUT2D eigenvalue weighted by Crippen LogP contribution is -2.15. The minimum Gasteiger partial charge on any atom is -0.322 e. The van der Waals surface area contributed by atoms with Gasteiger partial charge in [0.25, 0.3) is 5.91 Å². The van der Waals surface area contributed by atoms with Gasteiger partial charge in [0, 0.05) is 11.3 Å². The number of rotatable bonds is 5. The molecule has 25 heavy (non-hydrogen) atoms. The number of benzene rings is 2. The highest BCUT2D eigenvalue weighted by molar-refractivity contribution is 7.91. The monoisotopic (exact) mass is 359 g/mol. The van der Waals surface area contributed by atoms with Gasteiger partial charge in [-0.3, -0.25) is 4.79 Å². The lowest BCUT2D eigenvalue weighted by molar-refractivity contribution is 0.102. The number of amides is 1. The van der Waals surface area contributed by atoms with Gasteiger partial charge >= 0.3 is 0 Å². The summed E-state index contributed by atoms with van der Waals surface area (Å²) in [5.41, 5.74) is 0.553. The third kappa shape index (κ3) is 4.68. The molecule has 0 bridgehead atoms. The van der Waals surface area contributed by atoms with Crippen molar-refractivity contribution >= 4 is 21.4 Å². The largest absolute Gasteiger partial charge is 0.322 e. The number of nitrogens with one attached hydrogen (secondary N) is 1. The Balaban J connectivity index is 2.26. The predicted octanol–water partition coefficient (Wildman–Crippen LogP) is 3.49. The summed E-state index contributed by atoms with van der Waals surface area (Å²) in [6, 6.07) is 9.70. The van der Waals surface area contributed by atoms with E-state index in [0.717, 1.165) is 6.07 Å². The number of terminal acetylenes is 1. The van der Waals surface area contributed by atoms with Crippen molar-refractivity contribution in [3.8, 4) is 12.3 Å². The normalized spacial score (nSPS) is 11.2. The average Bonchev–Trinajstić information content (AvgIpc) is 2.55. The average molecular weight is 359 g/mol. The number of hydrogen-bond acceptors (Lipinski definition) is 3. The molecule has 0 fully saturated rings. The molecular weight excluding hydrogens is 341 g/mol. The second kappa shape index (κ2) is 7.49. The highest BCUT2D eigenvalue weighted by Crippen LogP contribution is 2.18. The molecule has 0 aromatic heterocycles. The van der Waals surface area contributed by atoms with E-state index in [4.69, 9.17) is 6.42 Å². The van der Waals surface area contributed by atoms with Crippen molar-refractivity contribution in [2.24, 2.45) is 5.92 Å². The van der Waals surface area contributed by atoms with E-state index >= 15 is 0 Å². The summed E-state index contributed by atoms with van der Waals surface area (Å²) in [4.78, 5) is 12.4. The molecular formula is C19H18FNO3S. The van der Waals surface area contributed by atoms with Gasteiger partial charge in [0.1, 0.15) is 5.82 Å². The van der Waals surface area contributed by atoms with Gasteiger partial charge in [-0.05, 0) is 42.3 Å². The van der Waals surface area contributed by atoms with Crippen molar-refractivity contribution in [1.82, 2.24) is 0 Å². The molecule has 0 aliphatic carbocycles. The van der Waals surface area contributed by atoms with Gasteiger partial charge < -0.3 is 5.32 Å². The molecule has 0 aliphatic rings. The van der Waals surface area contributed by atoms with Gasteiger partial charge in [-0.2, -0.15) is 0 Å². The maximum Gasteiger partial charge on any atom is 0.255 e. The summed E-state index contributed by atoms with van der Waals surface area (Å²) in [6.45, 7) is 3.62. The van der Waals surface area contributed by atoms with Gasteiger partial charge in [-0.1, -0.05) is 25.8 Å². The first kappa shape index (κ1) is 18.7. The number of halogens is 1. The third-order valence-corrected chi connectivity index (χ3v) is 5.47. The molecule has 0 radical (unpaired) electrons. The molecule has 0 saturated carbocycles. The number of carbonyl (C=O) groups excluding carboxylic acids is 1. The molecule has 1 amide bonds. The van der Waals surface area contributed by atoms with E-state index in [-0.39, 0.29) is 27.7 Å². The molecule has 2 aromatic carbocycles. The highest BCUT2D eigenvalue weighted by Gasteiger charge is 2.18. The predicted molar refractivity (Wildman–Crippen MR) is 95.6 cm³/mol. The Kier molecular flexibility index (Phi) is 5.60. The van der Waals surface area contributed by atoms with E-state index in [2.05, 4.69) is 11.2 Å². The molecule has 6 heteroatoms. The van der Waals surface area contributed by atoms with Crippen LogP contribution in [0.5, 0.6) is 0 Å². The molecule has 0 aliphatic heterocycles. The van der Waals surface area contributed by atoms with Crippen LogP contribution in [0.25, 0.3) is 0 Å². The fourth-order valence-electron chi connectivity index (χ4n) is 2.28. The van der Waals surface area contributed by atoms with Crippen LogP contribution in [0.4, 0.5) is 10.1 Å². The van der Waals surface area contributed by atoms with Crippen LogP contribution in [0.15, 0.2) is 47.4 Å². The van der Waals surface area contributed by atoms with Crippen LogP contribution >= 0.6 is 0 Å². The summed E-state index contributed by atoms with van der Waals surface area (Å²) in [6.07, 6.45) is 5.20. The molecule has 0 saturated heterocycles. The van der Waals surface area contributed by atoms with Crippen LogP contribution in [0.2, 0.25) is 0 Å². The zero-order valence-corrected chi connectivity index (χ0v) is 14.7. The maximum absolute atomic E-state index is 13.4. The lowest BCUT2D eigenvalue weighted by atomic mass is 10.1. The van der Waals surface area contributed by atoms with Crippen LogP contribution in [0.1, 0.15) is 29.8 Å². The summed E-state index contributed by atoms with van der Waals surface area (Å²) in [5.74, 6) is 1.11. The van der Waals surface area contributed by atoms with E-state index in [1.165, 1.54) is 36.4 Å². The highest BCUT2D eigenvalue weighted by atomic mass is 32.2. The van der Waals surface area contributed by atoms with Crippen LogP contribution in [0.3, 0.4) is 0 Å². The minimum absolute atomic E-state index is 0.00155. The second-order valence-corrected chi connectivity index (χ2v) is 8.03. The smallest absolute Gasteiger partial charge is 0.255 e. The molecule has 0 atom stereocenters. The van der Waals surface area contributed by atoms with Crippen molar-refractivity contribution < 1.29 is 17.6 Å². The van der Waals surface area contributed by atoms with E-state index in [1.807, 2.05) is 13.8 Å². The molecule has 2 rings (SSSR count). The van der Waals surface area contributed by atoms with E-state index in [1.54, 1.807) is 0 Å². The summed E-state index contributed by atoms with van der Waals surface area (Å²) < 4.78 is 38.0. The van der Waals surface area contributed by atoms with E-state index in [9.17, 15) is 17.6 Å². The van der Waals surface area contributed by atoms with Crippen molar-refractivity contribution in [3.05, 3.63) is 59.4 Å². The quantitative estimate of drug-likeness (QED) is 0.831. The fraction of sp³-hybridized carbons (Fsp3) is 0.211. The summed E-state index contributed by atoms with van der Waals surface area (Å²) in [5, 5.41) is 2.58. The zero-order chi connectivity index (χ0) is 18.6. The van der Waals surface area contributed by atoms with Crippen molar-refractivity contribution in [2.45, 2.75) is 18.7 Å².